The summed E-state index contributed by atoms with van der Waals surface area (Å²) in [7, 11) is 0. The van der Waals surface area contributed by atoms with Gasteiger partial charge in [0.25, 0.3) is 5.91 Å². The number of carbonyl (C=O) groups is 1. The number of carbonyl (C=O) groups excluding carboxylic acids is 1. The molecule has 4 rings (SSSR count). The van der Waals surface area contributed by atoms with Gasteiger partial charge in [0.05, 0.1) is 10.6 Å². The molecule has 1 aliphatic rings. The number of amides is 1. The third kappa shape index (κ3) is 5.18. The third-order valence-corrected chi connectivity index (χ3v) is 6.49. The molecule has 3 aromatic carbocycles. The molecular formula is C23H14BrClFNO2S2. The lowest BCUT2D eigenvalue weighted by Gasteiger charge is -2.14. The summed E-state index contributed by atoms with van der Waals surface area (Å²) in [6.45, 7) is 0.272. The van der Waals surface area contributed by atoms with Crippen LogP contribution in [0.4, 0.5) is 10.1 Å². The van der Waals surface area contributed by atoms with E-state index in [4.69, 9.17) is 28.6 Å². The standard InChI is InChI=1S/C23H14BrClFNO2S2/c24-16-3-10-20(29-13-14-1-6-18(26)7-2-14)15(11-16)12-21-22(28)27(23(30)31-21)19-8-4-17(25)5-9-19/h1-12H,13H2/b21-12+. The van der Waals surface area contributed by atoms with E-state index in [1.54, 1.807) is 42.5 Å². The van der Waals surface area contributed by atoms with Crippen LogP contribution in [0, 0.1) is 5.82 Å². The minimum atomic E-state index is -0.296. The second-order valence-corrected chi connectivity index (χ2v) is 9.62. The number of halogens is 3. The van der Waals surface area contributed by atoms with Gasteiger partial charge in [-0.25, -0.2) is 4.39 Å². The topological polar surface area (TPSA) is 29.5 Å². The molecular weight excluding hydrogens is 521 g/mol. The molecule has 1 amide bonds. The van der Waals surface area contributed by atoms with Crippen LogP contribution in [0.3, 0.4) is 0 Å². The number of hydrogen-bond acceptors (Lipinski definition) is 4. The molecule has 8 heteroatoms. The fourth-order valence-electron chi connectivity index (χ4n) is 2.93. The zero-order valence-corrected chi connectivity index (χ0v) is 19.8. The highest BCUT2D eigenvalue weighted by atomic mass is 79.9. The maximum Gasteiger partial charge on any atom is 0.270 e. The van der Waals surface area contributed by atoms with Crippen molar-refractivity contribution in [1.82, 2.24) is 0 Å². The molecule has 0 atom stereocenters. The first-order valence-electron chi connectivity index (χ1n) is 9.11. The Hall–Kier alpha value is -2.19. The SMILES string of the molecule is O=C1/C(=C\c2cc(Br)ccc2OCc2ccc(F)cc2)SC(=S)N1c1ccc(Cl)cc1. The maximum absolute atomic E-state index is 13.1. The Balaban J connectivity index is 1.59. The highest BCUT2D eigenvalue weighted by molar-refractivity contribution is 9.10. The zero-order valence-electron chi connectivity index (χ0n) is 15.8. The van der Waals surface area contributed by atoms with Crippen LogP contribution in [0.2, 0.25) is 5.02 Å². The molecule has 31 heavy (non-hydrogen) atoms. The van der Waals surface area contributed by atoms with Crippen molar-refractivity contribution in [2.24, 2.45) is 0 Å². The van der Waals surface area contributed by atoms with Gasteiger partial charge in [0, 0.05) is 15.1 Å². The van der Waals surface area contributed by atoms with Crippen molar-refractivity contribution in [1.29, 1.82) is 0 Å². The predicted molar refractivity (Wildman–Crippen MR) is 132 cm³/mol. The normalized spacial score (nSPS) is 15.1. The zero-order chi connectivity index (χ0) is 22.0. The van der Waals surface area contributed by atoms with E-state index >= 15 is 0 Å². The van der Waals surface area contributed by atoms with Crippen LogP contribution < -0.4 is 9.64 Å². The van der Waals surface area contributed by atoms with Crippen molar-refractivity contribution in [3.05, 3.63) is 98.1 Å². The lowest BCUT2D eigenvalue weighted by molar-refractivity contribution is -0.113. The number of thiocarbonyl (C=S) groups is 1. The molecule has 1 fully saturated rings. The van der Waals surface area contributed by atoms with Crippen molar-refractivity contribution in [3.8, 4) is 5.75 Å². The third-order valence-electron chi connectivity index (χ3n) is 4.44. The van der Waals surface area contributed by atoms with E-state index in [9.17, 15) is 9.18 Å². The first kappa shape index (κ1) is 22.0. The summed E-state index contributed by atoms with van der Waals surface area (Å²) in [4.78, 5) is 15.0. The number of hydrogen-bond donors (Lipinski definition) is 0. The van der Waals surface area contributed by atoms with Gasteiger partial charge in [-0.3, -0.25) is 9.69 Å². The second-order valence-electron chi connectivity index (χ2n) is 6.59. The highest BCUT2D eigenvalue weighted by Gasteiger charge is 2.33. The van der Waals surface area contributed by atoms with E-state index in [0.29, 0.717) is 25.7 Å². The predicted octanol–water partition coefficient (Wildman–Crippen LogP) is 7.23. The average molecular weight is 535 g/mol. The van der Waals surface area contributed by atoms with Crippen LogP contribution >= 0.6 is 51.5 Å². The van der Waals surface area contributed by atoms with Gasteiger partial charge in [-0.15, -0.1) is 0 Å². The fourth-order valence-corrected chi connectivity index (χ4v) is 4.72. The van der Waals surface area contributed by atoms with Gasteiger partial charge in [-0.05, 0) is 66.2 Å². The Morgan fingerprint density at radius 1 is 1.10 bits per heavy atom. The summed E-state index contributed by atoms with van der Waals surface area (Å²) in [5, 5.41) is 0.585. The molecule has 0 radical (unpaired) electrons. The number of ether oxygens (including phenoxy) is 1. The van der Waals surface area contributed by atoms with E-state index in [2.05, 4.69) is 15.9 Å². The number of nitrogens with zero attached hydrogens (tertiary/aromatic N) is 1. The number of thioether (sulfide) groups is 1. The molecule has 0 spiro atoms. The summed E-state index contributed by atoms with van der Waals surface area (Å²) in [6.07, 6.45) is 1.76. The Bertz CT molecular complexity index is 1180. The molecule has 156 valence electrons. The molecule has 1 heterocycles. The van der Waals surface area contributed by atoms with Gasteiger partial charge in [0.1, 0.15) is 18.2 Å². The Kier molecular flexibility index (Phi) is 6.77. The summed E-state index contributed by atoms with van der Waals surface area (Å²) < 4.78 is 20.4. The lowest BCUT2D eigenvalue weighted by atomic mass is 10.1. The molecule has 0 aromatic heterocycles. The van der Waals surface area contributed by atoms with Crippen LogP contribution in [-0.4, -0.2) is 10.2 Å². The first-order chi connectivity index (χ1) is 14.9. The molecule has 0 unspecified atom stereocenters. The van der Waals surface area contributed by atoms with Gasteiger partial charge >= 0.3 is 0 Å². The number of benzene rings is 3. The Morgan fingerprint density at radius 2 is 1.81 bits per heavy atom. The summed E-state index contributed by atoms with van der Waals surface area (Å²) >= 11 is 16.1. The summed E-state index contributed by atoms with van der Waals surface area (Å²) in [5.74, 6) is 0.0989. The summed E-state index contributed by atoms with van der Waals surface area (Å²) in [6, 6.07) is 18.6. The van der Waals surface area contributed by atoms with Crippen LogP contribution in [0.5, 0.6) is 5.75 Å². The quantitative estimate of drug-likeness (QED) is 0.255. The van der Waals surface area contributed by atoms with Crippen molar-refractivity contribution in [3.63, 3.8) is 0 Å². The van der Waals surface area contributed by atoms with Crippen LogP contribution in [0.15, 0.2) is 76.1 Å². The van der Waals surface area contributed by atoms with Gasteiger partial charge in [0.2, 0.25) is 0 Å². The molecule has 3 aromatic rings. The highest BCUT2D eigenvalue weighted by Crippen LogP contribution is 2.38. The van der Waals surface area contributed by atoms with Crippen molar-refractivity contribution in [2.45, 2.75) is 6.61 Å². The van der Waals surface area contributed by atoms with Gasteiger partial charge in [-0.2, -0.15) is 0 Å². The van der Waals surface area contributed by atoms with Gasteiger partial charge < -0.3 is 4.74 Å². The molecule has 1 aliphatic heterocycles. The Labute approximate surface area is 202 Å². The number of rotatable bonds is 5. The largest absolute Gasteiger partial charge is 0.488 e. The van der Waals surface area contributed by atoms with Gasteiger partial charge in [0.15, 0.2) is 4.32 Å². The molecule has 0 saturated carbocycles. The van der Waals surface area contributed by atoms with Crippen molar-refractivity contribution >= 4 is 73.5 Å². The van der Waals surface area contributed by atoms with Crippen LogP contribution in [0.25, 0.3) is 6.08 Å². The van der Waals surface area contributed by atoms with Crippen LogP contribution in [0.1, 0.15) is 11.1 Å². The van der Waals surface area contributed by atoms with Gasteiger partial charge in [-0.1, -0.05) is 63.6 Å². The minimum absolute atomic E-state index is 0.207. The summed E-state index contributed by atoms with van der Waals surface area (Å²) in [5.41, 5.74) is 2.23. The molecule has 0 N–H and O–H groups in total. The van der Waals surface area contributed by atoms with E-state index in [1.807, 2.05) is 18.2 Å². The van der Waals surface area contributed by atoms with E-state index in [0.717, 1.165) is 15.6 Å². The number of anilines is 1. The Morgan fingerprint density at radius 3 is 2.52 bits per heavy atom. The van der Waals surface area contributed by atoms with E-state index in [1.165, 1.54) is 28.8 Å². The maximum atomic E-state index is 13.1. The van der Waals surface area contributed by atoms with Crippen LogP contribution in [-0.2, 0) is 11.4 Å². The first-order valence-corrected chi connectivity index (χ1v) is 11.5. The molecule has 0 aliphatic carbocycles. The lowest BCUT2D eigenvalue weighted by Crippen LogP contribution is -2.27. The average Bonchev–Trinajstić information content (AvgIpc) is 3.02. The molecule has 3 nitrogen and oxygen atoms in total. The monoisotopic (exact) mass is 533 g/mol. The van der Waals surface area contributed by atoms with Crippen molar-refractivity contribution in [2.75, 3.05) is 4.90 Å². The van der Waals surface area contributed by atoms with Crippen molar-refractivity contribution < 1.29 is 13.9 Å². The smallest absolute Gasteiger partial charge is 0.270 e. The molecule has 0 bridgehead atoms. The van der Waals surface area contributed by atoms with E-state index in [-0.39, 0.29) is 18.3 Å². The van der Waals surface area contributed by atoms with E-state index < -0.39 is 0 Å². The molecule has 1 saturated heterocycles. The fraction of sp³-hybridized carbons (Fsp3) is 0.0435. The second kappa shape index (κ2) is 9.53. The minimum Gasteiger partial charge on any atom is -0.488 e.